The van der Waals surface area contributed by atoms with E-state index in [0.29, 0.717) is 12.1 Å². The second-order valence-corrected chi connectivity index (χ2v) is 10.7. The van der Waals surface area contributed by atoms with Crippen LogP contribution in [-0.4, -0.2) is 40.5 Å². The van der Waals surface area contributed by atoms with Crippen LogP contribution in [-0.2, 0) is 14.3 Å². The van der Waals surface area contributed by atoms with Gasteiger partial charge >= 0.3 is 6.09 Å². The van der Waals surface area contributed by atoms with Crippen molar-refractivity contribution in [3.8, 4) is 0 Å². The van der Waals surface area contributed by atoms with Crippen LogP contribution in [0.4, 0.5) is 10.5 Å². The van der Waals surface area contributed by atoms with Gasteiger partial charge in [-0.2, -0.15) is 0 Å². The maximum Gasteiger partial charge on any atom is 0.408 e. The van der Waals surface area contributed by atoms with E-state index in [-0.39, 0.29) is 17.9 Å². The molecule has 3 aromatic carbocycles. The molecular weight excluding hydrogens is 478 g/mol. The van der Waals surface area contributed by atoms with E-state index in [1.54, 1.807) is 32.6 Å². The van der Waals surface area contributed by atoms with E-state index in [0.717, 1.165) is 21.9 Å². The number of anilines is 1. The SMILES string of the molecule is CCC(C)N(C(=O)C(C)NC(=O)OC(C)(C)C)C(C(=O)Nc1ccc2ccccc2c1)c1ccccc1C. The Hall–Kier alpha value is -3.87. The third kappa shape index (κ3) is 7.12. The standard InChI is InChI=1S/C31H39N3O4/c1-8-21(3)34(29(36)22(4)32-30(37)38-31(5,6)7)27(26-16-12-9-13-20(26)2)28(35)33-25-18-17-23-14-10-11-15-24(23)19-25/h9-19,21-22,27H,8H2,1-7H3,(H,32,37)(H,33,35). The third-order valence-electron chi connectivity index (χ3n) is 6.45. The molecule has 3 rings (SSSR count). The van der Waals surface area contributed by atoms with Gasteiger partial charge in [0.15, 0.2) is 0 Å². The van der Waals surface area contributed by atoms with Crippen LogP contribution in [0.3, 0.4) is 0 Å². The molecule has 0 saturated heterocycles. The first-order valence-electron chi connectivity index (χ1n) is 13.1. The first kappa shape index (κ1) is 28.7. The topological polar surface area (TPSA) is 87.7 Å². The predicted molar refractivity (Wildman–Crippen MR) is 152 cm³/mol. The number of nitrogens with one attached hydrogen (secondary N) is 2. The molecule has 202 valence electrons. The molecule has 0 spiro atoms. The number of rotatable bonds is 8. The molecule has 7 nitrogen and oxygen atoms in total. The summed E-state index contributed by atoms with van der Waals surface area (Å²) in [6.45, 7) is 12.7. The van der Waals surface area contributed by atoms with Gasteiger partial charge in [0.05, 0.1) is 0 Å². The minimum atomic E-state index is -0.909. The minimum Gasteiger partial charge on any atom is -0.444 e. The van der Waals surface area contributed by atoms with Gasteiger partial charge in [0.2, 0.25) is 5.91 Å². The molecule has 0 radical (unpaired) electrons. The largest absolute Gasteiger partial charge is 0.444 e. The summed E-state index contributed by atoms with van der Waals surface area (Å²) in [5, 5.41) is 7.75. The van der Waals surface area contributed by atoms with E-state index in [1.165, 1.54) is 0 Å². The van der Waals surface area contributed by atoms with Crippen molar-refractivity contribution in [2.24, 2.45) is 0 Å². The number of alkyl carbamates (subject to hydrolysis) is 1. The van der Waals surface area contributed by atoms with E-state index in [2.05, 4.69) is 10.6 Å². The zero-order chi connectivity index (χ0) is 28.0. The highest BCUT2D eigenvalue weighted by Gasteiger charge is 2.37. The Morgan fingerprint density at radius 1 is 0.921 bits per heavy atom. The summed E-state index contributed by atoms with van der Waals surface area (Å²) in [7, 11) is 0. The van der Waals surface area contributed by atoms with Gasteiger partial charge < -0.3 is 20.3 Å². The minimum absolute atomic E-state index is 0.280. The number of aryl methyl sites for hydroxylation is 1. The van der Waals surface area contributed by atoms with Gasteiger partial charge in [-0.15, -0.1) is 0 Å². The van der Waals surface area contributed by atoms with Crippen molar-refractivity contribution in [3.63, 3.8) is 0 Å². The van der Waals surface area contributed by atoms with Gasteiger partial charge in [0.25, 0.3) is 5.91 Å². The number of ether oxygens (including phenoxy) is 1. The lowest BCUT2D eigenvalue weighted by molar-refractivity contribution is -0.143. The Balaban J connectivity index is 1.99. The van der Waals surface area contributed by atoms with Crippen molar-refractivity contribution < 1.29 is 19.1 Å². The molecule has 0 heterocycles. The number of nitrogens with zero attached hydrogens (tertiary/aromatic N) is 1. The summed E-state index contributed by atoms with van der Waals surface area (Å²) < 4.78 is 5.35. The zero-order valence-electron chi connectivity index (χ0n) is 23.4. The van der Waals surface area contributed by atoms with Crippen molar-refractivity contribution in [3.05, 3.63) is 77.9 Å². The monoisotopic (exact) mass is 517 g/mol. The second kappa shape index (κ2) is 12.1. The fourth-order valence-corrected chi connectivity index (χ4v) is 4.35. The molecule has 2 N–H and O–H groups in total. The second-order valence-electron chi connectivity index (χ2n) is 10.7. The molecule has 0 aliphatic rings. The Labute approximate surface area is 225 Å². The summed E-state index contributed by atoms with van der Waals surface area (Å²) in [4.78, 5) is 41.9. The lowest BCUT2D eigenvalue weighted by Gasteiger charge is -2.38. The fraction of sp³-hybridized carbons (Fsp3) is 0.387. The van der Waals surface area contributed by atoms with E-state index < -0.39 is 23.8 Å². The lowest BCUT2D eigenvalue weighted by atomic mass is 9.96. The molecule has 38 heavy (non-hydrogen) atoms. The van der Waals surface area contributed by atoms with E-state index in [9.17, 15) is 14.4 Å². The molecule has 3 unspecified atom stereocenters. The van der Waals surface area contributed by atoms with Crippen molar-refractivity contribution in [2.45, 2.75) is 78.6 Å². The lowest BCUT2D eigenvalue weighted by Crippen LogP contribution is -2.54. The molecule has 0 bridgehead atoms. The van der Waals surface area contributed by atoms with E-state index >= 15 is 0 Å². The van der Waals surface area contributed by atoms with Crippen LogP contribution in [0.15, 0.2) is 66.7 Å². The maximum absolute atomic E-state index is 14.0. The van der Waals surface area contributed by atoms with Crippen molar-refractivity contribution in [1.29, 1.82) is 0 Å². The van der Waals surface area contributed by atoms with Gasteiger partial charge in [0.1, 0.15) is 17.7 Å². The smallest absolute Gasteiger partial charge is 0.408 e. The van der Waals surface area contributed by atoms with Gasteiger partial charge in [-0.05, 0) is 82.0 Å². The summed E-state index contributed by atoms with van der Waals surface area (Å²) in [6, 6.07) is 19.1. The van der Waals surface area contributed by atoms with Crippen LogP contribution in [0, 0.1) is 6.92 Å². The number of amides is 3. The Bertz CT molecular complexity index is 1300. The highest BCUT2D eigenvalue weighted by Crippen LogP contribution is 2.30. The average molecular weight is 518 g/mol. The van der Waals surface area contributed by atoms with Crippen LogP contribution < -0.4 is 10.6 Å². The van der Waals surface area contributed by atoms with Gasteiger partial charge in [-0.1, -0.05) is 61.5 Å². The maximum atomic E-state index is 14.0. The molecule has 0 fully saturated rings. The van der Waals surface area contributed by atoms with Crippen LogP contribution in [0.2, 0.25) is 0 Å². The molecule has 0 aliphatic heterocycles. The number of benzene rings is 3. The average Bonchev–Trinajstić information content (AvgIpc) is 2.85. The number of hydrogen-bond acceptors (Lipinski definition) is 4. The third-order valence-corrected chi connectivity index (χ3v) is 6.45. The van der Waals surface area contributed by atoms with Crippen molar-refractivity contribution in [1.82, 2.24) is 10.2 Å². The molecular formula is C31H39N3O4. The van der Waals surface area contributed by atoms with Crippen LogP contribution >= 0.6 is 0 Å². The number of fused-ring (bicyclic) bond motifs is 1. The van der Waals surface area contributed by atoms with Gasteiger partial charge in [-0.25, -0.2) is 4.79 Å². The van der Waals surface area contributed by atoms with Gasteiger partial charge in [0, 0.05) is 11.7 Å². The number of carbonyl (C=O) groups excluding carboxylic acids is 3. The molecule has 3 aromatic rings. The highest BCUT2D eigenvalue weighted by molar-refractivity contribution is 6.00. The quantitative estimate of drug-likeness (QED) is 0.364. The molecule has 7 heteroatoms. The number of carbonyl (C=O) groups is 3. The molecule has 3 atom stereocenters. The summed E-state index contributed by atoms with van der Waals surface area (Å²) >= 11 is 0. The van der Waals surface area contributed by atoms with Gasteiger partial charge in [-0.3, -0.25) is 9.59 Å². The summed E-state index contributed by atoms with van der Waals surface area (Å²) in [5.74, 6) is -0.695. The Kier molecular flexibility index (Phi) is 9.15. The molecule has 0 aromatic heterocycles. The first-order valence-corrected chi connectivity index (χ1v) is 13.1. The first-order chi connectivity index (χ1) is 17.9. The molecule has 3 amide bonds. The summed E-state index contributed by atoms with van der Waals surface area (Å²) in [6.07, 6.45) is -0.0632. The van der Waals surface area contributed by atoms with Crippen LogP contribution in [0.5, 0.6) is 0 Å². The zero-order valence-corrected chi connectivity index (χ0v) is 23.4. The normalized spacial score (nSPS) is 13.8. The molecule has 0 saturated carbocycles. The van der Waals surface area contributed by atoms with Crippen LogP contribution in [0.25, 0.3) is 10.8 Å². The van der Waals surface area contributed by atoms with Crippen LogP contribution in [0.1, 0.15) is 65.1 Å². The summed E-state index contributed by atoms with van der Waals surface area (Å²) in [5.41, 5.74) is 1.56. The van der Waals surface area contributed by atoms with Crippen molar-refractivity contribution >= 4 is 34.4 Å². The van der Waals surface area contributed by atoms with Crippen molar-refractivity contribution in [2.75, 3.05) is 5.32 Å². The van der Waals surface area contributed by atoms with E-state index in [1.807, 2.05) is 87.5 Å². The fourth-order valence-electron chi connectivity index (χ4n) is 4.35. The Morgan fingerprint density at radius 3 is 2.18 bits per heavy atom. The highest BCUT2D eigenvalue weighted by atomic mass is 16.6. The van der Waals surface area contributed by atoms with E-state index in [4.69, 9.17) is 4.74 Å². The molecule has 0 aliphatic carbocycles. The predicted octanol–water partition coefficient (Wildman–Crippen LogP) is 6.37. The number of hydrogen-bond donors (Lipinski definition) is 2. The Morgan fingerprint density at radius 2 is 1.55 bits per heavy atom.